The summed E-state index contributed by atoms with van der Waals surface area (Å²) in [5.41, 5.74) is 2.64. The van der Waals surface area contributed by atoms with Crippen LogP contribution in [0.15, 0.2) is 59.0 Å². The van der Waals surface area contributed by atoms with E-state index in [2.05, 4.69) is 15.2 Å². The van der Waals surface area contributed by atoms with E-state index in [1.807, 2.05) is 59.2 Å². The number of rotatable bonds is 4. The van der Waals surface area contributed by atoms with E-state index in [0.717, 1.165) is 16.6 Å². The van der Waals surface area contributed by atoms with Crippen molar-refractivity contribution in [3.8, 4) is 11.5 Å². The predicted molar refractivity (Wildman–Crippen MR) is 84.5 cm³/mol. The fourth-order valence-corrected chi connectivity index (χ4v) is 2.57. The van der Waals surface area contributed by atoms with Crippen LogP contribution < -0.4 is 0 Å². The third-order valence-corrected chi connectivity index (χ3v) is 3.66. The van der Waals surface area contributed by atoms with Crippen molar-refractivity contribution < 1.29 is 9.52 Å². The molecule has 6 heteroatoms. The van der Waals surface area contributed by atoms with Crippen molar-refractivity contribution in [2.24, 2.45) is 0 Å². The van der Waals surface area contributed by atoms with E-state index in [9.17, 15) is 5.11 Å². The fraction of sp³-hybridized carbons (Fsp3) is 0.118. The van der Waals surface area contributed by atoms with Crippen molar-refractivity contribution in [1.29, 1.82) is 0 Å². The molecule has 0 saturated carbocycles. The first-order chi connectivity index (χ1) is 11.3. The summed E-state index contributed by atoms with van der Waals surface area (Å²) in [6.07, 6.45) is 0. The summed E-state index contributed by atoms with van der Waals surface area (Å²) in [5.74, 6) is 1.53. The smallest absolute Gasteiger partial charge is 0.247 e. The fourth-order valence-electron chi connectivity index (χ4n) is 2.57. The summed E-state index contributed by atoms with van der Waals surface area (Å²) in [7, 11) is 0. The SMILES string of the molecule is OCc1nc2ccccc2n1Cc1nnc(-c2ccccc2)o1. The van der Waals surface area contributed by atoms with Crippen LogP contribution in [-0.2, 0) is 13.2 Å². The van der Waals surface area contributed by atoms with E-state index in [1.165, 1.54) is 0 Å². The summed E-state index contributed by atoms with van der Waals surface area (Å²) >= 11 is 0. The molecule has 0 fully saturated rings. The number of hydrogen-bond acceptors (Lipinski definition) is 5. The van der Waals surface area contributed by atoms with Gasteiger partial charge in [0.2, 0.25) is 11.8 Å². The summed E-state index contributed by atoms with van der Waals surface area (Å²) < 4.78 is 7.63. The van der Waals surface area contributed by atoms with Crippen molar-refractivity contribution in [1.82, 2.24) is 19.7 Å². The largest absolute Gasteiger partial charge is 0.419 e. The number of aromatic nitrogens is 4. The van der Waals surface area contributed by atoms with Crippen LogP contribution in [0.5, 0.6) is 0 Å². The number of benzene rings is 2. The third kappa shape index (κ3) is 2.49. The average Bonchev–Trinajstić information content (AvgIpc) is 3.21. The molecule has 0 saturated heterocycles. The number of fused-ring (bicyclic) bond motifs is 1. The van der Waals surface area contributed by atoms with Gasteiger partial charge in [0.1, 0.15) is 19.0 Å². The first-order valence-electron chi connectivity index (χ1n) is 7.28. The van der Waals surface area contributed by atoms with Gasteiger partial charge in [-0.3, -0.25) is 0 Å². The molecule has 0 aliphatic heterocycles. The Bertz CT molecular complexity index is 944. The molecule has 6 nitrogen and oxygen atoms in total. The molecule has 1 N–H and O–H groups in total. The van der Waals surface area contributed by atoms with Crippen molar-refractivity contribution in [2.45, 2.75) is 13.2 Å². The van der Waals surface area contributed by atoms with Gasteiger partial charge >= 0.3 is 0 Å². The van der Waals surface area contributed by atoms with Gasteiger partial charge < -0.3 is 14.1 Å². The molecule has 2 aromatic heterocycles. The van der Waals surface area contributed by atoms with Crippen LogP contribution in [0, 0.1) is 0 Å². The molecule has 0 spiro atoms. The van der Waals surface area contributed by atoms with Crippen LogP contribution >= 0.6 is 0 Å². The first kappa shape index (κ1) is 13.7. The Labute approximate surface area is 132 Å². The molecule has 2 heterocycles. The van der Waals surface area contributed by atoms with E-state index in [1.54, 1.807) is 0 Å². The second-order valence-electron chi connectivity index (χ2n) is 5.13. The van der Waals surface area contributed by atoms with Gasteiger partial charge in [-0.1, -0.05) is 30.3 Å². The molecule has 0 aliphatic carbocycles. The number of imidazole rings is 1. The van der Waals surface area contributed by atoms with Gasteiger partial charge in [0.15, 0.2) is 0 Å². The van der Waals surface area contributed by atoms with Gasteiger partial charge in [-0.2, -0.15) is 0 Å². The van der Waals surface area contributed by atoms with Gasteiger partial charge in [-0.25, -0.2) is 4.98 Å². The molecule has 0 unspecified atom stereocenters. The lowest BCUT2D eigenvalue weighted by molar-refractivity contribution is 0.266. The summed E-state index contributed by atoms with van der Waals surface area (Å²) in [4.78, 5) is 4.42. The number of aliphatic hydroxyl groups excluding tert-OH is 1. The Morgan fingerprint density at radius 3 is 2.57 bits per heavy atom. The summed E-state index contributed by atoms with van der Waals surface area (Å²) in [6, 6.07) is 17.3. The Balaban J connectivity index is 1.70. The topological polar surface area (TPSA) is 77.0 Å². The minimum Gasteiger partial charge on any atom is -0.419 e. The summed E-state index contributed by atoms with van der Waals surface area (Å²) in [6.45, 7) is 0.227. The van der Waals surface area contributed by atoms with E-state index in [4.69, 9.17) is 4.42 Å². The Morgan fingerprint density at radius 1 is 0.957 bits per heavy atom. The average molecular weight is 306 g/mol. The molecular weight excluding hydrogens is 292 g/mol. The minimum absolute atomic E-state index is 0.144. The maximum Gasteiger partial charge on any atom is 0.247 e. The predicted octanol–water partition coefficient (Wildman–Crippen LogP) is 2.63. The molecular formula is C17H14N4O2. The minimum atomic E-state index is -0.144. The van der Waals surface area contributed by atoms with Gasteiger partial charge in [0.25, 0.3) is 0 Å². The Kier molecular flexibility index (Phi) is 3.36. The van der Waals surface area contributed by atoms with E-state index < -0.39 is 0 Å². The van der Waals surface area contributed by atoms with Crippen molar-refractivity contribution in [2.75, 3.05) is 0 Å². The van der Waals surface area contributed by atoms with Gasteiger partial charge in [0, 0.05) is 5.56 Å². The highest BCUT2D eigenvalue weighted by atomic mass is 16.4. The van der Waals surface area contributed by atoms with Gasteiger partial charge in [0.05, 0.1) is 11.0 Å². The molecule has 0 aliphatic rings. The molecule has 0 bridgehead atoms. The van der Waals surface area contributed by atoms with Crippen LogP contribution in [0.3, 0.4) is 0 Å². The van der Waals surface area contributed by atoms with E-state index in [-0.39, 0.29) is 6.61 Å². The van der Waals surface area contributed by atoms with Gasteiger partial charge in [-0.05, 0) is 24.3 Å². The highest BCUT2D eigenvalue weighted by Gasteiger charge is 2.14. The highest BCUT2D eigenvalue weighted by Crippen LogP contribution is 2.20. The standard InChI is InChI=1S/C17H14N4O2/c22-11-15-18-13-8-4-5-9-14(13)21(15)10-16-19-20-17(23-16)12-6-2-1-3-7-12/h1-9,22H,10-11H2. The number of hydrogen-bond donors (Lipinski definition) is 1. The zero-order valence-electron chi connectivity index (χ0n) is 12.3. The maximum absolute atomic E-state index is 9.53. The molecule has 4 aromatic rings. The Morgan fingerprint density at radius 2 is 1.74 bits per heavy atom. The number of nitrogens with zero attached hydrogens (tertiary/aromatic N) is 4. The van der Waals surface area contributed by atoms with Gasteiger partial charge in [-0.15, -0.1) is 10.2 Å². The molecule has 23 heavy (non-hydrogen) atoms. The molecule has 0 amide bonds. The zero-order chi connectivity index (χ0) is 15.6. The molecule has 2 aromatic carbocycles. The van der Waals surface area contributed by atoms with Crippen LogP contribution in [0.2, 0.25) is 0 Å². The zero-order valence-corrected chi connectivity index (χ0v) is 12.3. The normalized spacial score (nSPS) is 11.2. The van der Waals surface area contributed by atoms with Crippen LogP contribution in [0.4, 0.5) is 0 Å². The lowest BCUT2D eigenvalue weighted by atomic mass is 10.2. The number of aliphatic hydroxyl groups is 1. The monoisotopic (exact) mass is 306 g/mol. The van der Waals surface area contributed by atoms with Crippen LogP contribution in [0.1, 0.15) is 11.7 Å². The molecule has 114 valence electrons. The quantitative estimate of drug-likeness (QED) is 0.627. The number of para-hydroxylation sites is 2. The molecule has 4 rings (SSSR count). The molecule has 0 radical (unpaired) electrons. The Hall–Kier alpha value is -2.99. The van der Waals surface area contributed by atoms with Crippen molar-refractivity contribution in [3.63, 3.8) is 0 Å². The lowest BCUT2D eigenvalue weighted by Gasteiger charge is -2.04. The second kappa shape index (κ2) is 5.66. The van der Waals surface area contributed by atoms with Crippen LogP contribution in [0.25, 0.3) is 22.5 Å². The second-order valence-corrected chi connectivity index (χ2v) is 5.13. The maximum atomic E-state index is 9.53. The highest BCUT2D eigenvalue weighted by molar-refractivity contribution is 5.75. The van der Waals surface area contributed by atoms with Crippen molar-refractivity contribution in [3.05, 3.63) is 66.3 Å². The van der Waals surface area contributed by atoms with E-state index >= 15 is 0 Å². The summed E-state index contributed by atoms with van der Waals surface area (Å²) in [5, 5.41) is 17.7. The first-order valence-corrected chi connectivity index (χ1v) is 7.28. The lowest BCUT2D eigenvalue weighted by Crippen LogP contribution is -2.05. The van der Waals surface area contributed by atoms with E-state index in [0.29, 0.717) is 24.2 Å². The molecule has 0 atom stereocenters. The van der Waals surface area contributed by atoms with Crippen LogP contribution in [-0.4, -0.2) is 24.9 Å². The third-order valence-electron chi connectivity index (χ3n) is 3.66. The van der Waals surface area contributed by atoms with Crippen molar-refractivity contribution >= 4 is 11.0 Å².